The van der Waals surface area contributed by atoms with Crippen molar-refractivity contribution < 1.29 is 4.74 Å². The zero-order valence-corrected chi connectivity index (χ0v) is 12.4. The van der Waals surface area contributed by atoms with E-state index in [2.05, 4.69) is 22.0 Å². The molecule has 2 aromatic carbocycles. The lowest BCUT2D eigenvalue weighted by Crippen LogP contribution is -2.03. The second kappa shape index (κ2) is 4.76. The Hall–Kier alpha value is -0.700. The van der Waals surface area contributed by atoms with E-state index in [1.807, 2.05) is 24.3 Å². The Bertz CT molecular complexity index is 613. The van der Waals surface area contributed by atoms with Crippen LogP contribution in [-0.4, -0.2) is 6.61 Å². The van der Waals surface area contributed by atoms with E-state index in [1.165, 1.54) is 0 Å². The van der Waals surface area contributed by atoms with Crippen molar-refractivity contribution in [3.63, 3.8) is 0 Å². The minimum absolute atomic E-state index is 0.169. The van der Waals surface area contributed by atoms with Crippen LogP contribution in [0.3, 0.4) is 0 Å². The van der Waals surface area contributed by atoms with Crippen molar-refractivity contribution in [1.29, 1.82) is 0 Å². The van der Waals surface area contributed by atoms with E-state index in [0.29, 0.717) is 16.7 Å². The lowest BCUT2D eigenvalue weighted by molar-refractivity contribution is 0.343. The van der Waals surface area contributed by atoms with Gasteiger partial charge < -0.3 is 4.74 Å². The molecular formula is C14H9BrCl2O. The van der Waals surface area contributed by atoms with Gasteiger partial charge in [-0.15, -0.1) is 0 Å². The maximum absolute atomic E-state index is 6.26. The first-order valence-corrected chi connectivity index (χ1v) is 7.07. The molecular weight excluding hydrogens is 335 g/mol. The van der Waals surface area contributed by atoms with Crippen LogP contribution in [0.25, 0.3) is 0 Å². The Morgan fingerprint density at radius 3 is 2.67 bits per heavy atom. The fourth-order valence-corrected chi connectivity index (χ4v) is 3.15. The van der Waals surface area contributed by atoms with Gasteiger partial charge in [-0.05, 0) is 35.9 Å². The minimum atomic E-state index is 0.169. The number of ether oxygens (including phenoxy) is 1. The number of hydrogen-bond acceptors (Lipinski definition) is 1. The molecule has 18 heavy (non-hydrogen) atoms. The van der Waals surface area contributed by atoms with Gasteiger partial charge in [0.1, 0.15) is 5.75 Å². The summed E-state index contributed by atoms with van der Waals surface area (Å²) in [6.45, 7) is 0.618. The number of hydrogen-bond donors (Lipinski definition) is 0. The fourth-order valence-electron chi connectivity index (χ4n) is 2.23. The average Bonchev–Trinajstić information content (AvgIpc) is 2.72. The molecule has 0 amide bonds. The summed E-state index contributed by atoms with van der Waals surface area (Å²) in [5.74, 6) is 1.09. The van der Waals surface area contributed by atoms with Crippen molar-refractivity contribution >= 4 is 39.1 Å². The minimum Gasteiger partial charge on any atom is -0.492 e. The van der Waals surface area contributed by atoms with Gasteiger partial charge in [0.25, 0.3) is 0 Å². The third kappa shape index (κ3) is 2.13. The summed E-state index contributed by atoms with van der Waals surface area (Å²) in [5, 5.41) is 1.33. The van der Waals surface area contributed by atoms with Crippen LogP contribution in [0.4, 0.5) is 0 Å². The van der Waals surface area contributed by atoms with E-state index in [0.717, 1.165) is 21.3 Å². The van der Waals surface area contributed by atoms with Crippen molar-refractivity contribution in [2.24, 2.45) is 0 Å². The number of halogens is 3. The van der Waals surface area contributed by atoms with Crippen molar-refractivity contribution in [1.82, 2.24) is 0 Å². The van der Waals surface area contributed by atoms with E-state index in [-0.39, 0.29) is 5.92 Å². The number of rotatable bonds is 1. The smallest absolute Gasteiger partial charge is 0.123 e. The third-order valence-corrected chi connectivity index (χ3v) is 4.15. The first-order chi connectivity index (χ1) is 8.65. The van der Waals surface area contributed by atoms with Crippen molar-refractivity contribution in [2.45, 2.75) is 5.92 Å². The Labute approximate surface area is 124 Å². The van der Waals surface area contributed by atoms with Crippen LogP contribution in [0.2, 0.25) is 10.0 Å². The summed E-state index contributed by atoms with van der Waals surface area (Å²) in [7, 11) is 0. The number of fused-ring (bicyclic) bond motifs is 1. The van der Waals surface area contributed by atoms with E-state index < -0.39 is 0 Å². The molecule has 1 heterocycles. The average molecular weight is 344 g/mol. The largest absolute Gasteiger partial charge is 0.492 e. The molecule has 1 aliphatic heterocycles. The molecule has 1 unspecified atom stereocenters. The first kappa shape index (κ1) is 12.3. The molecule has 0 saturated heterocycles. The summed E-state index contributed by atoms with van der Waals surface area (Å²) < 4.78 is 6.74. The molecule has 0 N–H and O–H groups in total. The Morgan fingerprint density at radius 2 is 1.89 bits per heavy atom. The maximum atomic E-state index is 6.26. The fraction of sp³-hybridized carbons (Fsp3) is 0.143. The van der Waals surface area contributed by atoms with Gasteiger partial charge in [-0.2, -0.15) is 0 Å². The molecule has 92 valence electrons. The Morgan fingerprint density at radius 1 is 1.06 bits per heavy atom. The quantitative estimate of drug-likeness (QED) is 0.684. The molecule has 0 fully saturated rings. The second-order valence-corrected chi connectivity index (χ2v) is 5.97. The molecule has 0 bridgehead atoms. The summed E-state index contributed by atoms with van der Waals surface area (Å²) >= 11 is 15.7. The topological polar surface area (TPSA) is 9.23 Å². The lowest BCUT2D eigenvalue weighted by Gasteiger charge is -2.11. The zero-order chi connectivity index (χ0) is 12.7. The van der Waals surface area contributed by atoms with Crippen LogP contribution in [-0.2, 0) is 0 Å². The lowest BCUT2D eigenvalue weighted by atomic mass is 9.93. The molecule has 0 saturated carbocycles. The van der Waals surface area contributed by atoms with Crippen LogP contribution >= 0.6 is 39.1 Å². The summed E-state index contributed by atoms with van der Waals surface area (Å²) in [6.07, 6.45) is 0. The highest BCUT2D eigenvalue weighted by Crippen LogP contribution is 2.42. The highest BCUT2D eigenvalue weighted by atomic mass is 79.9. The van der Waals surface area contributed by atoms with Crippen molar-refractivity contribution in [2.75, 3.05) is 6.61 Å². The molecule has 3 rings (SSSR count). The number of benzene rings is 2. The van der Waals surface area contributed by atoms with E-state index in [1.54, 1.807) is 6.07 Å². The summed E-state index contributed by atoms with van der Waals surface area (Å²) in [6, 6.07) is 11.6. The highest BCUT2D eigenvalue weighted by molar-refractivity contribution is 9.10. The van der Waals surface area contributed by atoms with Gasteiger partial charge in [0.15, 0.2) is 0 Å². The van der Waals surface area contributed by atoms with Gasteiger partial charge >= 0.3 is 0 Å². The SMILES string of the molecule is Clc1ccc(C2COc3ccc(Br)cc32)c(Cl)c1. The van der Waals surface area contributed by atoms with Crippen molar-refractivity contribution in [3.05, 3.63) is 62.0 Å². The second-order valence-electron chi connectivity index (χ2n) is 4.21. The molecule has 1 atom stereocenters. The van der Waals surface area contributed by atoms with E-state index >= 15 is 0 Å². The van der Waals surface area contributed by atoms with Crippen LogP contribution < -0.4 is 4.74 Å². The van der Waals surface area contributed by atoms with E-state index in [9.17, 15) is 0 Å². The van der Waals surface area contributed by atoms with Gasteiger partial charge in [-0.3, -0.25) is 0 Å². The maximum Gasteiger partial charge on any atom is 0.123 e. The van der Waals surface area contributed by atoms with Gasteiger partial charge in [0.2, 0.25) is 0 Å². The van der Waals surface area contributed by atoms with Crippen LogP contribution in [0.5, 0.6) is 5.75 Å². The van der Waals surface area contributed by atoms with Crippen LogP contribution in [0.1, 0.15) is 17.0 Å². The standard InChI is InChI=1S/C14H9BrCl2O/c15-8-1-4-14-11(5-8)12(7-18-14)10-3-2-9(16)6-13(10)17/h1-6,12H,7H2. The highest BCUT2D eigenvalue weighted by Gasteiger charge is 2.27. The predicted octanol–water partition coefficient (Wildman–Crippen LogP) is 5.28. The van der Waals surface area contributed by atoms with Gasteiger partial charge in [-0.25, -0.2) is 0 Å². The monoisotopic (exact) mass is 342 g/mol. The normalized spacial score (nSPS) is 17.4. The van der Waals surface area contributed by atoms with Crippen molar-refractivity contribution in [3.8, 4) is 5.75 Å². The van der Waals surface area contributed by atoms with Gasteiger partial charge in [0, 0.05) is 26.0 Å². The zero-order valence-electron chi connectivity index (χ0n) is 9.29. The molecule has 4 heteroatoms. The molecule has 1 nitrogen and oxygen atoms in total. The summed E-state index contributed by atoms with van der Waals surface area (Å²) in [4.78, 5) is 0. The Balaban J connectivity index is 2.08. The van der Waals surface area contributed by atoms with E-state index in [4.69, 9.17) is 27.9 Å². The Kier molecular flexibility index (Phi) is 3.27. The van der Waals surface area contributed by atoms with Crippen LogP contribution in [0.15, 0.2) is 40.9 Å². The molecule has 0 spiro atoms. The molecule has 0 radical (unpaired) electrons. The third-order valence-electron chi connectivity index (χ3n) is 3.09. The van der Waals surface area contributed by atoms with Gasteiger partial charge in [0.05, 0.1) is 6.61 Å². The molecule has 2 aromatic rings. The van der Waals surface area contributed by atoms with Gasteiger partial charge in [-0.1, -0.05) is 45.2 Å². The summed E-state index contributed by atoms with van der Waals surface area (Å²) in [5.41, 5.74) is 2.21. The molecule has 0 aromatic heterocycles. The molecule has 1 aliphatic rings. The molecule has 0 aliphatic carbocycles. The van der Waals surface area contributed by atoms with Crippen LogP contribution in [0, 0.1) is 0 Å². The first-order valence-electron chi connectivity index (χ1n) is 5.52. The predicted molar refractivity (Wildman–Crippen MR) is 77.9 cm³/mol.